The molecule has 28 heavy (non-hydrogen) atoms. The molecule has 144 valence electrons. The molecule has 1 N–H and O–H groups in total. The minimum absolute atomic E-state index is 0.205. The lowest BCUT2D eigenvalue weighted by atomic mass is 10.0. The van der Waals surface area contributed by atoms with Crippen molar-refractivity contribution in [3.63, 3.8) is 0 Å². The Morgan fingerprint density at radius 2 is 2.07 bits per heavy atom. The van der Waals surface area contributed by atoms with Gasteiger partial charge in [-0.3, -0.25) is 0 Å². The summed E-state index contributed by atoms with van der Waals surface area (Å²) in [5, 5.41) is 6.73. The Bertz CT molecular complexity index is 927. The summed E-state index contributed by atoms with van der Waals surface area (Å²) >= 11 is 0. The van der Waals surface area contributed by atoms with Crippen molar-refractivity contribution in [1.29, 1.82) is 0 Å². The number of urea groups is 1. The molecule has 4 rings (SSSR count). The molecule has 8 heteroatoms. The fraction of sp³-hybridized carbons (Fsp3) is 0.300. The van der Waals surface area contributed by atoms with Gasteiger partial charge in [0.1, 0.15) is 11.8 Å². The average molecular weight is 379 g/mol. The maximum atomic E-state index is 12.8. The number of hydrogen-bond acceptors (Lipinski definition) is 6. The summed E-state index contributed by atoms with van der Waals surface area (Å²) < 4.78 is 11.0. The summed E-state index contributed by atoms with van der Waals surface area (Å²) in [5.74, 6) is 2.22. The Morgan fingerprint density at radius 3 is 2.79 bits per heavy atom. The molecular weight excluding hydrogens is 358 g/mol. The molecule has 1 aromatic carbocycles. The summed E-state index contributed by atoms with van der Waals surface area (Å²) in [6.07, 6.45) is 4.34. The molecule has 2 aromatic heterocycles. The molecule has 0 aliphatic carbocycles. The number of nitrogens with zero attached hydrogens (tertiary/aromatic N) is 4. The molecular formula is C20H21N5O3. The van der Waals surface area contributed by atoms with Crippen molar-refractivity contribution in [1.82, 2.24) is 20.0 Å². The number of amides is 2. The Hall–Kier alpha value is -3.42. The van der Waals surface area contributed by atoms with Gasteiger partial charge in [0, 0.05) is 12.6 Å². The van der Waals surface area contributed by atoms with Crippen molar-refractivity contribution in [3.05, 3.63) is 60.4 Å². The fourth-order valence-corrected chi connectivity index (χ4v) is 3.20. The molecule has 0 spiro atoms. The van der Waals surface area contributed by atoms with Gasteiger partial charge in [0.05, 0.1) is 11.9 Å². The first kappa shape index (κ1) is 18.0. The monoisotopic (exact) mass is 379 g/mol. The maximum absolute atomic E-state index is 12.8. The first-order chi connectivity index (χ1) is 13.7. The van der Waals surface area contributed by atoms with Crippen LogP contribution in [0.3, 0.4) is 0 Å². The number of aromatic nitrogens is 3. The molecule has 2 amide bonds. The number of anilines is 1. The quantitative estimate of drug-likeness (QED) is 0.725. The highest BCUT2D eigenvalue weighted by Gasteiger charge is 2.32. The molecule has 3 heterocycles. The zero-order valence-electron chi connectivity index (χ0n) is 15.5. The van der Waals surface area contributed by atoms with Crippen LogP contribution in [0.2, 0.25) is 0 Å². The van der Waals surface area contributed by atoms with E-state index in [9.17, 15) is 4.79 Å². The molecule has 0 unspecified atom stereocenters. The minimum atomic E-state index is -0.209. The number of carbonyl (C=O) groups excluding carboxylic acids is 1. The summed E-state index contributed by atoms with van der Waals surface area (Å²) in [6.45, 7) is 2.41. The van der Waals surface area contributed by atoms with E-state index < -0.39 is 0 Å². The second-order valence-corrected chi connectivity index (χ2v) is 6.62. The number of ether oxygens (including phenoxy) is 1. The van der Waals surface area contributed by atoms with Crippen LogP contribution in [-0.4, -0.2) is 32.6 Å². The van der Waals surface area contributed by atoms with Gasteiger partial charge >= 0.3 is 6.03 Å². The Balaban J connectivity index is 1.42. The third-order valence-corrected chi connectivity index (χ3v) is 4.55. The van der Waals surface area contributed by atoms with Crippen LogP contribution in [0.5, 0.6) is 11.6 Å². The topological polar surface area (TPSA) is 93.4 Å². The smallest absolute Gasteiger partial charge is 0.322 e. The van der Waals surface area contributed by atoms with Crippen LogP contribution < -0.4 is 10.1 Å². The van der Waals surface area contributed by atoms with Gasteiger partial charge < -0.3 is 19.5 Å². The van der Waals surface area contributed by atoms with Crippen LogP contribution in [0.15, 0.2) is 53.2 Å². The number of likely N-dealkylation sites (tertiary alicyclic amines) is 1. The predicted molar refractivity (Wildman–Crippen MR) is 102 cm³/mol. The maximum Gasteiger partial charge on any atom is 0.322 e. The molecule has 1 fully saturated rings. The average Bonchev–Trinajstić information content (AvgIpc) is 3.16. The van der Waals surface area contributed by atoms with Crippen LogP contribution in [0, 0.1) is 6.92 Å². The van der Waals surface area contributed by atoms with Crippen molar-refractivity contribution in [2.75, 3.05) is 11.9 Å². The molecule has 0 saturated carbocycles. The summed E-state index contributed by atoms with van der Waals surface area (Å²) in [7, 11) is 0. The third kappa shape index (κ3) is 4.11. The van der Waals surface area contributed by atoms with E-state index >= 15 is 0 Å². The third-order valence-electron chi connectivity index (χ3n) is 4.55. The van der Waals surface area contributed by atoms with E-state index in [1.54, 1.807) is 30.2 Å². The van der Waals surface area contributed by atoms with Gasteiger partial charge in [-0.25, -0.2) is 9.78 Å². The zero-order valence-corrected chi connectivity index (χ0v) is 15.5. The number of carbonyl (C=O) groups is 1. The van der Waals surface area contributed by atoms with E-state index in [-0.39, 0.29) is 12.1 Å². The van der Waals surface area contributed by atoms with Gasteiger partial charge in [-0.15, -0.1) is 0 Å². The van der Waals surface area contributed by atoms with Gasteiger partial charge in [-0.2, -0.15) is 4.98 Å². The molecule has 0 radical (unpaired) electrons. The van der Waals surface area contributed by atoms with E-state index in [1.807, 2.05) is 30.3 Å². The first-order valence-corrected chi connectivity index (χ1v) is 9.26. The predicted octanol–water partition coefficient (Wildman–Crippen LogP) is 4.32. The van der Waals surface area contributed by atoms with E-state index in [0.717, 1.165) is 19.3 Å². The van der Waals surface area contributed by atoms with Crippen LogP contribution in [0.4, 0.5) is 10.5 Å². The zero-order chi connectivity index (χ0) is 19.3. The highest BCUT2D eigenvalue weighted by atomic mass is 16.5. The Kier molecular flexibility index (Phi) is 5.18. The molecule has 1 aliphatic rings. The lowest BCUT2D eigenvalue weighted by molar-refractivity contribution is 0.142. The number of hydrogen-bond donors (Lipinski definition) is 1. The highest BCUT2D eigenvalue weighted by molar-refractivity contribution is 5.89. The lowest BCUT2D eigenvalue weighted by Crippen LogP contribution is -2.41. The van der Waals surface area contributed by atoms with Crippen LogP contribution in [0.1, 0.15) is 37.0 Å². The van der Waals surface area contributed by atoms with Crippen molar-refractivity contribution < 1.29 is 14.1 Å². The van der Waals surface area contributed by atoms with Crippen molar-refractivity contribution in [3.8, 4) is 11.6 Å². The lowest BCUT2D eigenvalue weighted by Gasteiger charge is -2.33. The number of rotatable bonds is 4. The molecule has 8 nitrogen and oxygen atoms in total. The second kappa shape index (κ2) is 8.08. The number of nitrogens with one attached hydrogen (secondary N) is 1. The van der Waals surface area contributed by atoms with E-state index in [1.165, 1.54) is 0 Å². The van der Waals surface area contributed by atoms with Crippen LogP contribution >= 0.6 is 0 Å². The highest BCUT2D eigenvalue weighted by Crippen LogP contribution is 2.30. The van der Waals surface area contributed by atoms with E-state index in [2.05, 4.69) is 20.4 Å². The van der Waals surface area contributed by atoms with Gasteiger partial charge in [0.25, 0.3) is 0 Å². The first-order valence-electron chi connectivity index (χ1n) is 9.26. The van der Waals surface area contributed by atoms with E-state index in [0.29, 0.717) is 35.6 Å². The van der Waals surface area contributed by atoms with Crippen molar-refractivity contribution in [2.24, 2.45) is 0 Å². The molecule has 3 aromatic rings. The fourth-order valence-electron chi connectivity index (χ4n) is 3.20. The number of aryl methyl sites for hydroxylation is 1. The second-order valence-electron chi connectivity index (χ2n) is 6.62. The Labute approximate surface area is 162 Å². The molecule has 1 saturated heterocycles. The minimum Gasteiger partial charge on any atom is -0.439 e. The largest absolute Gasteiger partial charge is 0.439 e. The number of benzene rings is 1. The summed E-state index contributed by atoms with van der Waals surface area (Å²) in [4.78, 5) is 23.1. The standard InChI is InChI=1S/C20H21N5O3/c1-14-22-19(28-24-14)17-9-5-6-12-25(17)20(26)23-15-10-11-18(21-13-15)27-16-7-3-2-4-8-16/h2-4,7-8,10-11,13,17H,5-6,9,12H2,1H3,(H,23,26)/t17-/m0/s1. The normalized spacial score (nSPS) is 16.6. The summed E-state index contributed by atoms with van der Waals surface area (Å²) in [5.41, 5.74) is 0.594. The van der Waals surface area contributed by atoms with Gasteiger partial charge in [-0.05, 0) is 44.4 Å². The molecule has 1 atom stereocenters. The number of para-hydroxylation sites is 1. The van der Waals surface area contributed by atoms with Crippen LogP contribution in [0.25, 0.3) is 0 Å². The van der Waals surface area contributed by atoms with Crippen molar-refractivity contribution >= 4 is 11.7 Å². The SMILES string of the molecule is Cc1noc([C@@H]2CCCCN2C(=O)Nc2ccc(Oc3ccccc3)nc2)n1. The molecule has 1 aliphatic heterocycles. The Morgan fingerprint density at radius 1 is 1.21 bits per heavy atom. The van der Waals surface area contributed by atoms with Crippen molar-refractivity contribution in [2.45, 2.75) is 32.2 Å². The molecule has 0 bridgehead atoms. The number of pyridine rings is 1. The van der Waals surface area contributed by atoms with E-state index in [4.69, 9.17) is 9.26 Å². The van der Waals surface area contributed by atoms with Crippen LogP contribution in [-0.2, 0) is 0 Å². The summed E-state index contributed by atoms with van der Waals surface area (Å²) in [6, 6.07) is 12.5. The van der Waals surface area contributed by atoms with Gasteiger partial charge in [0.15, 0.2) is 5.82 Å². The van der Waals surface area contributed by atoms with Gasteiger partial charge in [-0.1, -0.05) is 23.4 Å². The van der Waals surface area contributed by atoms with Gasteiger partial charge in [0.2, 0.25) is 11.8 Å². The number of piperidine rings is 1.